The predicted octanol–water partition coefficient (Wildman–Crippen LogP) is 4.56. The van der Waals surface area contributed by atoms with E-state index in [0.717, 1.165) is 11.8 Å². The van der Waals surface area contributed by atoms with Crippen molar-refractivity contribution in [2.75, 3.05) is 0 Å². The van der Waals surface area contributed by atoms with Crippen LogP contribution in [0.1, 0.15) is 59.8 Å². The zero-order chi connectivity index (χ0) is 10.8. The van der Waals surface area contributed by atoms with Gasteiger partial charge in [-0.15, -0.1) is 0 Å². The second kappa shape index (κ2) is 2.70. The van der Waals surface area contributed by atoms with Crippen LogP contribution < -0.4 is 0 Å². The fourth-order valence-corrected chi connectivity index (χ4v) is 4.85. The molecule has 0 saturated heterocycles. The molecule has 3 aliphatic rings. The summed E-state index contributed by atoms with van der Waals surface area (Å²) < 4.78 is 0. The molecule has 3 rings (SSSR count). The van der Waals surface area contributed by atoms with Crippen molar-refractivity contribution in [3.63, 3.8) is 0 Å². The van der Waals surface area contributed by atoms with Gasteiger partial charge in [-0.3, -0.25) is 0 Å². The summed E-state index contributed by atoms with van der Waals surface area (Å²) in [6.45, 7) is 9.90. The molecule has 2 saturated carbocycles. The molecule has 0 aromatic heterocycles. The summed E-state index contributed by atoms with van der Waals surface area (Å²) in [5.41, 5.74) is 4.82. The van der Waals surface area contributed by atoms with E-state index in [0.29, 0.717) is 10.8 Å². The molecule has 0 radical (unpaired) electrons. The molecule has 0 aromatic rings. The van der Waals surface area contributed by atoms with Crippen LogP contribution in [0.4, 0.5) is 0 Å². The van der Waals surface area contributed by atoms with Crippen molar-refractivity contribution in [3.8, 4) is 0 Å². The fraction of sp³-hybridized carbons (Fsp3) is 0.867. The molecule has 15 heavy (non-hydrogen) atoms. The topological polar surface area (TPSA) is 0 Å². The summed E-state index contributed by atoms with van der Waals surface area (Å²) in [5.74, 6) is 1.94. The average molecular weight is 204 g/mol. The summed E-state index contributed by atoms with van der Waals surface area (Å²) in [5, 5.41) is 0. The molecule has 1 unspecified atom stereocenters. The van der Waals surface area contributed by atoms with E-state index >= 15 is 0 Å². The Labute approximate surface area is 94.1 Å². The molecular weight excluding hydrogens is 180 g/mol. The van der Waals surface area contributed by atoms with Crippen molar-refractivity contribution in [3.05, 3.63) is 11.1 Å². The van der Waals surface area contributed by atoms with Crippen LogP contribution in [0, 0.1) is 22.7 Å². The number of hydrogen-bond acceptors (Lipinski definition) is 0. The van der Waals surface area contributed by atoms with Crippen molar-refractivity contribution in [2.45, 2.75) is 59.8 Å². The molecule has 2 bridgehead atoms. The minimum Gasteiger partial charge on any atom is -0.0676 e. The standard InChI is InChI=1S/C15H24/c1-10-5-6-13-11(2)14(3,4)12-7-8-15(10,13)9-12/h10,12H,5-9H2,1-4H3/t10-,12?,15+/m0/s1. The molecule has 84 valence electrons. The first kappa shape index (κ1) is 9.93. The zero-order valence-electron chi connectivity index (χ0n) is 10.7. The Morgan fingerprint density at radius 2 is 1.93 bits per heavy atom. The van der Waals surface area contributed by atoms with Gasteiger partial charge < -0.3 is 0 Å². The molecule has 0 heteroatoms. The smallest absolute Gasteiger partial charge is 0.00565 e. The van der Waals surface area contributed by atoms with E-state index in [1.54, 1.807) is 5.57 Å². The van der Waals surface area contributed by atoms with Crippen molar-refractivity contribution >= 4 is 0 Å². The molecule has 0 nitrogen and oxygen atoms in total. The van der Waals surface area contributed by atoms with Gasteiger partial charge in [0.15, 0.2) is 0 Å². The Morgan fingerprint density at radius 1 is 1.20 bits per heavy atom. The predicted molar refractivity (Wildman–Crippen MR) is 64.7 cm³/mol. The number of fused-ring (bicyclic) bond motifs is 1. The lowest BCUT2D eigenvalue weighted by atomic mass is 9.61. The Kier molecular flexibility index (Phi) is 1.79. The first-order valence-corrected chi connectivity index (χ1v) is 6.69. The van der Waals surface area contributed by atoms with E-state index in [4.69, 9.17) is 0 Å². The highest BCUT2D eigenvalue weighted by Crippen LogP contribution is 2.67. The highest BCUT2D eigenvalue weighted by Gasteiger charge is 2.56. The van der Waals surface area contributed by atoms with Gasteiger partial charge in [0, 0.05) is 0 Å². The van der Waals surface area contributed by atoms with Crippen LogP contribution in [-0.2, 0) is 0 Å². The third kappa shape index (κ3) is 0.990. The summed E-state index contributed by atoms with van der Waals surface area (Å²) in [6, 6.07) is 0. The Bertz CT molecular complexity index is 334. The molecule has 3 aliphatic carbocycles. The average Bonchev–Trinajstić information content (AvgIpc) is 2.72. The Morgan fingerprint density at radius 3 is 2.67 bits per heavy atom. The van der Waals surface area contributed by atoms with Gasteiger partial charge in [-0.25, -0.2) is 0 Å². The summed E-state index contributed by atoms with van der Waals surface area (Å²) in [4.78, 5) is 0. The lowest BCUT2D eigenvalue weighted by Gasteiger charge is -2.44. The number of hydrogen-bond donors (Lipinski definition) is 0. The van der Waals surface area contributed by atoms with Gasteiger partial charge >= 0.3 is 0 Å². The van der Waals surface area contributed by atoms with E-state index in [2.05, 4.69) is 27.7 Å². The molecule has 0 heterocycles. The van der Waals surface area contributed by atoms with Gasteiger partial charge in [-0.2, -0.15) is 0 Å². The lowest BCUT2D eigenvalue weighted by Crippen LogP contribution is -2.34. The normalized spacial score (nSPS) is 47.2. The maximum atomic E-state index is 2.50. The second-order valence-corrected chi connectivity index (χ2v) is 6.86. The van der Waals surface area contributed by atoms with Gasteiger partial charge in [0.2, 0.25) is 0 Å². The van der Waals surface area contributed by atoms with Crippen molar-refractivity contribution in [2.24, 2.45) is 22.7 Å². The monoisotopic (exact) mass is 204 g/mol. The van der Waals surface area contributed by atoms with Crippen LogP contribution in [0.5, 0.6) is 0 Å². The molecule has 0 amide bonds. The molecular formula is C15H24. The maximum Gasteiger partial charge on any atom is -0.00565 e. The van der Waals surface area contributed by atoms with E-state index < -0.39 is 0 Å². The summed E-state index contributed by atoms with van der Waals surface area (Å²) in [7, 11) is 0. The van der Waals surface area contributed by atoms with E-state index in [-0.39, 0.29) is 0 Å². The van der Waals surface area contributed by atoms with Crippen molar-refractivity contribution in [1.29, 1.82) is 0 Å². The zero-order valence-corrected chi connectivity index (χ0v) is 10.7. The molecule has 0 aliphatic heterocycles. The van der Waals surface area contributed by atoms with E-state index in [1.807, 2.05) is 5.57 Å². The van der Waals surface area contributed by atoms with Crippen LogP contribution in [0.3, 0.4) is 0 Å². The minimum atomic E-state index is 0.499. The van der Waals surface area contributed by atoms with Crippen LogP contribution in [0.15, 0.2) is 11.1 Å². The van der Waals surface area contributed by atoms with Crippen molar-refractivity contribution in [1.82, 2.24) is 0 Å². The molecule has 2 fully saturated rings. The number of rotatable bonds is 0. The van der Waals surface area contributed by atoms with Crippen LogP contribution >= 0.6 is 0 Å². The highest BCUT2D eigenvalue weighted by molar-refractivity contribution is 5.36. The first-order chi connectivity index (χ1) is 6.98. The first-order valence-electron chi connectivity index (χ1n) is 6.69. The van der Waals surface area contributed by atoms with Crippen molar-refractivity contribution < 1.29 is 0 Å². The number of allylic oxidation sites excluding steroid dienone is 2. The molecule has 3 atom stereocenters. The minimum absolute atomic E-state index is 0.499. The van der Waals surface area contributed by atoms with Gasteiger partial charge in [0.1, 0.15) is 0 Å². The Hall–Kier alpha value is -0.260. The van der Waals surface area contributed by atoms with Gasteiger partial charge in [0.05, 0.1) is 0 Å². The maximum absolute atomic E-state index is 2.50. The summed E-state index contributed by atoms with van der Waals surface area (Å²) in [6.07, 6.45) is 7.35. The van der Waals surface area contributed by atoms with Gasteiger partial charge in [0.25, 0.3) is 0 Å². The molecule has 0 N–H and O–H groups in total. The van der Waals surface area contributed by atoms with Crippen LogP contribution in [-0.4, -0.2) is 0 Å². The third-order valence-electron chi connectivity index (χ3n) is 6.36. The van der Waals surface area contributed by atoms with Crippen LogP contribution in [0.25, 0.3) is 0 Å². The van der Waals surface area contributed by atoms with E-state index in [1.165, 1.54) is 32.1 Å². The highest BCUT2D eigenvalue weighted by atomic mass is 14.6. The SMILES string of the molecule is CC1=C2CC[C@H](C)[C@]23CCC(C3)C1(C)C. The lowest BCUT2D eigenvalue weighted by molar-refractivity contribution is 0.183. The molecule has 1 spiro atoms. The second-order valence-electron chi connectivity index (χ2n) is 6.86. The summed E-state index contributed by atoms with van der Waals surface area (Å²) >= 11 is 0. The third-order valence-corrected chi connectivity index (χ3v) is 6.36. The molecule has 0 aromatic carbocycles. The Balaban J connectivity index is 2.18. The van der Waals surface area contributed by atoms with Gasteiger partial charge in [-0.1, -0.05) is 31.9 Å². The van der Waals surface area contributed by atoms with E-state index in [9.17, 15) is 0 Å². The largest absolute Gasteiger partial charge is 0.0676 e. The van der Waals surface area contributed by atoms with Gasteiger partial charge in [-0.05, 0) is 61.7 Å². The van der Waals surface area contributed by atoms with Crippen LogP contribution in [0.2, 0.25) is 0 Å². The quantitative estimate of drug-likeness (QED) is 0.507. The fourth-order valence-electron chi connectivity index (χ4n) is 4.85.